The first-order chi connectivity index (χ1) is 9.92. The summed E-state index contributed by atoms with van der Waals surface area (Å²) in [5.41, 5.74) is 5.73. The molecule has 3 N–H and O–H groups in total. The number of aromatic nitrogens is 1. The molecular weight excluding hydrogens is 275 g/mol. The van der Waals surface area contributed by atoms with Gasteiger partial charge in [0.25, 0.3) is 0 Å². The van der Waals surface area contributed by atoms with Gasteiger partial charge in [-0.1, -0.05) is 0 Å². The smallest absolute Gasteiger partial charge is 0.231 e. The van der Waals surface area contributed by atoms with Crippen LogP contribution in [0.4, 0.5) is 4.39 Å². The highest BCUT2D eigenvalue weighted by molar-refractivity contribution is 5.88. The van der Waals surface area contributed by atoms with E-state index in [4.69, 9.17) is 10.5 Å². The van der Waals surface area contributed by atoms with Crippen LogP contribution in [0.15, 0.2) is 17.1 Å². The lowest BCUT2D eigenvalue weighted by Gasteiger charge is -2.29. The predicted molar refractivity (Wildman–Crippen MR) is 75.1 cm³/mol. The topological polar surface area (TPSA) is 77.5 Å². The summed E-state index contributed by atoms with van der Waals surface area (Å²) in [5, 5.41) is 9.90. The molecule has 0 radical (unpaired) electrons. The zero-order valence-corrected chi connectivity index (χ0v) is 11.5. The van der Waals surface area contributed by atoms with E-state index in [1.807, 2.05) is 6.92 Å². The molecule has 2 heterocycles. The maximum atomic E-state index is 14.5. The molecule has 1 atom stereocenters. The van der Waals surface area contributed by atoms with Crippen LogP contribution in [0.5, 0.6) is 11.5 Å². The van der Waals surface area contributed by atoms with Gasteiger partial charge in [0.2, 0.25) is 5.43 Å². The molecule has 0 spiro atoms. The highest BCUT2D eigenvalue weighted by Gasteiger charge is 2.46. The number of pyridine rings is 1. The van der Waals surface area contributed by atoms with Crippen LogP contribution in [0, 0.1) is 5.82 Å². The SMILES string of the molecule is C[C@H]1COc2c(C3(N)CC3)c(F)cc3c(=O)c(O)cn1c23. The fourth-order valence-corrected chi connectivity index (χ4v) is 3.06. The molecule has 1 fully saturated rings. The summed E-state index contributed by atoms with van der Waals surface area (Å²) in [7, 11) is 0. The van der Waals surface area contributed by atoms with Gasteiger partial charge in [-0.2, -0.15) is 0 Å². The third kappa shape index (κ3) is 1.56. The first-order valence-corrected chi connectivity index (χ1v) is 6.95. The molecule has 6 heteroatoms. The van der Waals surface area contributed by atoms with Gasteiger partial charge < -0.3 is 20.1 Å². The first kappa shape index (κ1) is 12.6. The number of hydrogen-bond donors (Lipinski definition) is 2. The van der Waals surface area contributed by atoms with E-state index >= 15 is 0 Å². The molecule has 1 aliphatic carbocycles. The number of aromatic hydroxyl groups is 1. The molecule has 2 aliphatic rings. The molecular formula is C15H15FN2O3. The second-order valence-corrected chi connectivity index (χ2v) is 6.03. The fraction of sp³-hybridized carbons (Fsp3) is 0.400. The Hall–Kier alpha value is -2.08. The number of ether oxygens (including phenoxy) is 1. The Kier molecular flexibility index (Phi) is 2.27. The van der Waals surface area contributed by atoms with E-state index in [0.29, 0.717) is 36.3 Å². The summed E-state index contributed by atoms with van der Waals surface area (Å²) in [6, 6.07) is 1.11. The fourth-order valence-electron chi connectivity index (χ4n) is 3.06. The van der Waals surface area contributed by atoms with Crippen LogP contribution in [0.25, 0.3) is 10.9 Å². The molecule has 110 valence electrons. The standard InChI is InChI=1S/C15H15FN2O3/c1-7-6-21-14-11(15(17)2-3-15)9(16)4-8-12(14)18(7)5-10(19)13(8)20/h4-5,7,19H,2-3,6,17H2,1H3/t7-/m0/s1. The molecule has 1 aromatic carbocycles. The van der Waals surface area contributed by atoms with E-state index in [-0.39, 0.29) is 17.2 Å². The van der Waals surface area contributed by atoms with Crippen LogP contribution in [-0.4, -0.2) is 16.3 Å². The van der Waals surface area contributed by atoms with E-state index in [0.717, 1.165) is 0 Å². The summed E-state index contributed by atoms with van der Waals surface area (Å²) in [4.78, 5) is 12.1. The minimum atomic E-state index is -0.701. The summed E-state index contributed by atoms with van der Waals surface area (Å²) in [5.74, 6) is -0.579. The van der Waals surface area contributed by atoms with Gasteiger partial charge in [-0.3, -0.25) is 4.79 Å². The Morgan fingerprint density at radius 3 is 2.90 bits per heavy atom. The second-order valence-electron chi connectivity index (χ2n) is 6.03. The third-order valence-electron chi connectivity index (χ3n) is 4.43. The van der Waals surface area contributed by atoms with Crippen molar-refractivity contribution in [2.75, 3.05) is 6.61 Å². The monoisotopic (exact) mass is 290 g/mol. The van der Waals surface area contributed by atoms with Crippen molar-refractivity contribution in [2.45, 2.75) is 31.3 Å². The largest absolute Gasteiger partial charge is 0.503 e. The number of benzene rings is 1. The number of hydrogen-bond acceptors (Lipinski definition) is 4. The Morgan fingerprint density at radius 1 is 1.52 bits per heavy atom. The van der Waals surface area contributed by atoms with Gasteiger partial charge in [-0.05, 0) is 25.8 Å². The molecule has 1 saturated carbocycles. The second kappa shape index (κ2) is 3.76. The normalized spacial score (nSPS) is 22.1. The highest BCUT2D eigenvalue weighted by atomic mass is 19.1. The minimum absolute atomic E-state index is 0.0576. The minimum Gasteiger partial charge on any atom is -0.503 e. The van der Waals surface area contributed by atoms with Gasteiger partial charge in [0.1, 0.15) is 12.4 Å². The third-order valence-corrected chi connectivity index (χ3v) is 4.43. The van der Waals surface area contributed by atoms with Crippen molar-refractivity contribution in [3.63, 3.8) is 0 Å². The molecule has 5 nitrogen and oxygen atoms in total. The number of nitrogens with zero attached hydrogens (tertiary/aromatic N) is 1. The first-order valence-electron chi connectivity index (χ1n) is 6.95. The summed E-state index contributed by atoms with van der Waals surface area (Å²) in [6.07, 6.45) is 2.78. The number of nitrogens with two attached hydrogens (primary N) is 1. The van der Waals surface area contributed by atoms with Crippen molar-refractivity contribution in [2.24, 2.45) is 5.73 Å². The van der Waals surface area contributed by atoms with Crippen molar-refractivity contribution < 1.29 is 14.2 Å². The molecule has 0 unspecified atom stereocenters. The van der Waals surface area contributed by atoms with Crippen LogP contribution in [0.1, 0.15) is 31.4 Å². The van der Waals surface area contributed by atoms with E-state index in [2.05, 4.69) is 0 Å². The lowest BCUT2D eigenvalue weighted by atomic mass is 9.99. The average Bonchev–Trinajstić information content (AvgIpc) is 3.17. The quantitative estimate of drug-likeness (QED) is 0.838. The van der Waals surface area contributed by atoms with Crippen molar-refractivity contribution in [3.8, 4) is 11.5 Å². The number of rotatable bonds is 1. The Bertz CT molecular complexity index is 839. The van der Waals surface area contributed by atoms with Crippen molar-refractivity contribution in [1.82, 2.24) is 4.57 Å². The molecule has 0 amide bonds. The van der Waals surface area contributed by atoms with Crippen molar-refractivity contribution in [1.29, 1.82) is 0 Å². The molecule has 21 heavy (non-hydrogen) atoms. The van der Waals surface area contributed by atoms with Gasteiger partial charge in [-0.25, -0.2) is 4.39 Å². The van der Waals surface area contributed by atoms with E-state index in [9.17, 15) is 14.3 Å². The molecule has 1 aliphatic heterocycles. The Balaban J connectivity index is 2.20. The summed E-state index contributed by atoms with van der Waals surface area (Å²) in [6.45, 7) is 2.25. The highest BCUT2D eigenvalue weighted by Crippen LogP contribution is 2.50. The summed E-state index contributed by atoms with van der Waals surface area (Å²) < 4.78 is 22.0. The molecule has 2 aromatic rings. The lowest BCUT2D eigenvalue weighted by Crippen LogP contribution is -2.28. The van der Waals surface area contributed by atoms with Gasteiger partial charge >= 0.3 is 0 Å². The van der Waals surface area contributed by atoms with Gasteiger partial charge in [0, 0.05) is 5.54 Å². The van der Waals surface area contributed by atoms with Crippen LogP contribution >= 0.6 is 0 Å². The van der Waals surface area contributed by atoms with Gasteiger partial charge in [0.15, 0.2) is 11.5 Å². The molecule has 4 rings (SSSR count). The summed E-state index contributed by atoms with van der Waals surface area (Å²) >= 11 is 0. The van der Waals surface area contributed by atoms with Crippen LogP contribution < -0.4 is 15.9 Å². The number of halogens is 1. The maximum Gasteiger partial charge on any atom is 0.231 e. The molecule has 0 saturated heterocycles. The van der Waals surface area contributed by atoms with Gasteiger partial charge in [0.05, 0.1) is 28.7 Å². The predicted octanol–water partition coefficient (Wildman–Crippen LogP) is 1.75. The van der Waals surface area contributed by atoms with Crippen LogP contribution in [0.3, 0.4) is 0 Å². The van der Waals surface area contributed by atoms with E-state index in [1.54, 1.807) is 4.57 Å². The average molecular weight is 290 g/mol. The Labute approximate surface area is 119 Å². The van der Waals surface area contributed by atoms with Crippen molar-refractivity contribution in [3.05, 3.63) is 33.9 Å². The maximum absolute atomic E-state index is 14.5. The van der Waals surface area contributed by atoms with Crippen LogP contribution in [0.2, 0.25) is 0 Å². The lowest BCUT2D eigenvalue weighted by molar-refractivity contribution is 0.240. The van der Waals surface area contributed by atoms with Gasteiger partial charge in [-0.15, -0.1) is 0 Å². The molecule has 1 aromatic heterocycles. The van der Waals surface area contributed by atoms with E-state index < -0.39 is 16.8 Å². The van der Waals surface area contributed by atoms with E-state index in [1.165, 1.54) is 12.3 Å². The Morgan fingerprint density at radius 2 is 2.24 bits per heavy atom. The zero-order valence-electron chi connectivity index (χ0n) is 11.5. The zero-order chi connectivity index (χ0) is 14.9. The molecule has 0 bridgehead atoms. The van der Waals surface area contributed by atoms with Crippen molar-refractivity contribution >= 4 is 10.9 Å². The van der Waals surface area contributed by atoms with Crippen LogP contribution in [-0.2, 0) is 5.54 Å².